The van der Waals surface area contributed by atoms with Crippen LogP contribution in [0.15, 0.2) is 24.3 Å². The number of esters is 2. The molecule has 0 atom stereocenters. The molecule has 0 aliphatic rings. The van der Waals surface area contributed by atoms with Gasteiger partial charge in [0.1, 0.15) is 0 Å². The normalized spacial score (nSPS) is 11.2. The molecule has 0 fully saturated rings. The highest BCUT2D eigenvalue weighted by molar-refractivity contribution is 5.69. The highest BCUT2D eigenvalue weighted by Crippen LogP contribution is 2.19. The summed E-state index contributed by atoms with van der Waals surface area (Å²) in [6, 6.07) is 9.24. The van der Waals surface area contributed by atoms with Gasteiger partial charge in [-0.2, -0.15) is 0 Å². The summed E-state index contributed by atoms with van der Waals surface area (Å²) in [5, 5.41) is 0. The third kappa shape index (κ3) is 29.1. The minimum absolute atomic E-state index is 0.0678. The van der Waals surface area contributed by atoms with Crippen molar-refractivity contribution < 1.29 is 19.1 Å². The van der Waals surface area contributed by atoms with E-state index in [0.29, 0.717) is 12.8 Å². The second kappa shape index (κ2) is 35.0. The molecule has 0 aliphatic heterocycles. The van der Waals surface area contributed by atoms with Gasteiger partial charge in [-0.1, -0.05) is 191 Å². The molecule has 0 N–H and O–H groups in total. The van der Waals surface area contributed by atoms with E-state index in [1.54, 1.807) is 11.1 Å². The van der Waals surface area contributed by atoms with Crippen LogP contribution >= 0.6 is 0 Å². The molecule has 0 unspecified atom stereocenters. The zero-order valence-corrected chi connectivity index (χ0v) is 32.0. The second-order valence-electron chi connectivity index (χ2n) is 14.5. The molecule has 0 bridgehead atoms. The van der Waals surface area contributed by atoms with Crippen LogP contribution in [-0.4, -0.2) is 26.2 Å². The SMILES string of the molecule is COC(=O)CCCCCCCCCCCCCCCCCc1ccccc1CCCCCCCCCCCCCCCCCC(=O)OC. The molecule has 0 radical (unpaired) electrons. The van der Waals surface area contributed by atoms with Crippen molar-refractivity contribution in [2.45, 2.75) is 218 Å². The Morgan fingerprint density at radius 2 is 0.562 bits per heavy atom. The monoisotopic (exact) mass is 671 g/mol. The number of unbranched alkanes of at least 4 members (excludes halogenated alkanes) is 28. The van der Waals surface area contributed by atoms with Gasteiger partial charge < -0.3 is 9.47 Å². The van der Waals surface area contributed by atoms with Crippen molar-refractivity contribution in [2.24, 2.45) is 0 Å². The first-order valence-corrected chi connectivity index (χ1v) is 20.9. The summed E-state index contributed by atoms with van der Waals surface area (Å²) in [6.45, 7) is 0. The van der Waals surface area contributed by atoms with Gasteiger partial charge in [-0.05, 0) is 49.7 Å². The molecule has 0 amide bonds. The fourth-order valence-electron chi connectivity index (χ4n) is 7.02. The van der Waals surface area contributed by atoms with Crippen molar-refractivity contribution in [3.05, 3.63) is 35.4 Å². The Hall–Kier alpha value is -1.84. The van der Waals surface area contributed by atoms with E-state index in [0.717, 1.165) is 25.7 Å². The zero-order valence-electron chi connectivity index (χ0n) is 32.0. The fourth-order valence-corrected chi connectivity index (χ4v) is 7.02. The Balaban J connectivity index is 1.86. The molecule has 278 valence electrons. The lowest BCUT2D eigenvalue weighted by molar-refractivity contribution is -0.141. The standard InChI is InChI=1S/C44H78O4/c1-47-43(45)39-31-27-23-19-15-11-7-3-5-9-13-17-21-25-29-35-41-37-33-34-38-42(41)36-30-26-22-18-14-10-6-4-8-12-16-20-24-28-32-40-44(46)48-2/h33-34,37-38H,3-32,35-36,39-40H2,1-2H3. The van der Waals surface area contributed by atoms with E-state index in [9.17, 15) is 9.59 Å². The van der Waals surface area contributed by atoms with E-state index < -0.39 is 0 Å². The van der Waals surface area contributed by atoms with Crippen molar-refractivity contribution in [2.75, 3.05) is 14.2 Å². The van der Waals surface area contributed by atoms with Crippen LogP contribution < -0.4 is 0 Å². The van der Waals surface area contributed by atoms with Gasteiger partial charge >= 0.3 is 11.9 Å². The first-order chi connectivity index (χ1) is 23.7. The lowest BCUT2D eigenvalue weighted by Crippen LogP contribution is -1.99. The van der Waals surface area contributed by atoms with Crippen molar-refractivity contribution >= 4 is 11.9 Å². The predicted molar refractivity (Wildman–Crippen MR) is 206 cm³/mol. The van der Waals surface area contributed by atoms with Gasteiger partial charge in [0, 0.05) is 12.8 Å². The average Bonchev–Trinajstić information content (AvgIpc) is 3.11. The Kier molecular flexibility index (Phi) is 32.2. The third-order valence-electron chi connectivity index (χ3n) is 10.2. The Bertz CT molecular complexity index is 781. The predicted octanol–water partition coefficient (Wildman–Crippen LogP) is 13.6. The van der Waals surface area contributed by atoms with E-state index in [2.05, 4.69) is 24.3 Å². The summed E-state index contributed by atoms with van der Waals surface area (Å²) in [5.41, 5.74) is 3.22. The Labute approximate surface area is 298 Å². The highest BCUT2D eigenvalue weighted by Gasteiger charge is 2.04. The van der Waals surface area contributed by atoms with Gasteiger partial charge in [0.2, 0.25) is 0 Å². The van der Waals surface area contributed by atoms with Crippen LogP contribution in [0.3, 0.4) is 0 Å². The van der Waals surface area contributed by atoms with Crippen LogP contribution in [0.1, 0.15) is 217 Å². The molecule has 0 saturated heterocycles. The summed E-state index contributed by atoms with van der Waals surface area (Å²) < 4.78 is 9.39. The number of methoxy groups -OCH3 is 2. The van der Waals surface area contributed by atoms with E-state index in [4.69, 9.17) is 9.47 Å². The zero-order chi connectivity index (χ0) is 34.6. The molecule has 0 spiro atoms. The summed E-state index contributed by atoms with van der Waals surface area (Å²) in [4.78, 5) is 22.2. The van der Waals surface area contributed by atoms with Gasteiger partial charge in [0.15, 0.2) is 0 Å². The quantitative estimate of drug-likeness (QED) is 0.0526. The molecule has 1 aromatic rings. The minimum Gasteiger partial charge on any atom is -0.469 e. The summed E-state index contributed by atoms with van der Waals surface area (Å²) in [5.74, 6) is -0.136. The van der Waals surface area contributed by atoms with Gasteiger partial charge in [-0.3, -0.25) is 9.59 Å². The molecule has 4 nitrogen and oxygen atoms in total. The summed E-state index contributed by atoms with van der Waals surface area (Å²) in [7, 11) is 2.95. The Morgan fingerprint density at radius 3 is 0.792 bits per heavy atom. The van der Waals surface area contributed by atoms with Crippen LogP contribution in [0.5, 0.6) is 0 Å². The smallest absolute Gasteiger partial charge is 0.305 e. The van der Waals surface area contributed by atoms with Gasteiger partial charge in [-0.15, -0.1) is 0 Å². The molecule has 1 aromatic carbocycles. The number of hydrogen-bond donors (Lipinski definition) is 0. The van der Waals surface area contributed by atoms with Crippen LogP contribution in [-0.2, 0) is 31.9 Å². The molecular formula is C44H78O4. The molecule has 0 aromatic heterocycles. The average molecular weight is 671 g/mol. The van der Waals surface area contributed by atoms with E-state index in [1.165, 1.54) is 194 Å². The molecule has 0 saturated carbocycles. The fraction of sp³-hybridized carbons (Fsp3) is 0.818. The summed E-state index contributed by atoms with van der Waals surface area (Å²) in [6.07, 6.45) is 43.8. The number of ether oxygens (including phenoxy) is 2. The van der Waals surface area contributed by atoms with Crippen molar-refractivity contribution in [1.82, 2.24) is 0 Å². The Morgan fingerprint density at radius 1 is 0.354 bits per heavy atom. The first-order valence-electron chi connectivity index (χ1n) is 20.9. The largest absolute Gasteiger partial charge is 0.469 e. The number of rotatable bonds is 36. The second-order valence-corrected chi connectivity index (χ2v) is 14.5. The van der Waals surface area contributed by atoms with Crippen molar-refractivity contribution in [3.63, 3.8) is 0 Å². The van der Waals surface area contributed by atoms with E-state index >= 15 is 0 Å². The van der Waals surface area contributed by atoms with E-state index in [1.807, 2.05) is 0 Å². The number of aryl methyl sites for hydroxylation is 2. The maximum absolute atomic E-state index is 11.1. The topological polar surface area (TPSA) is 52.6 Å². The van der Waals surface area contributed by atoms with Gasteiger partial charge in [0.25, 0.3) is 0 Å². The molecular weight excluding hydrogens is 592 g/mol. The number of carbonyl (C=O) groups excluding carboxylic acids is 2. The maximum Gasteiger partial charge on any atom is 0.305 e. The van der Waals surface area contributed by atoms with Gasteiger partial charge in [-0.25, -0.2) is 0 Å². The van der Waals surface area contributed by atoms with Crippen LogP contribution in [0.25, 0.3) is 0 Å². The lowest BCUT2D eigenvalue weighted by Gasteiger charge is -2.10. The van der Waals surface area contributed by atoms with E-state index in [-0.39, 0.29) is 11.9 Å². The molecule has 4 heteroatoms. The molecule has 0 aliphatic carbocycles. The maximum atomic E-state index is 11.1. The van der Waals surface area contributed by atoms with Crippen molar-refractivity contribution in [1.29, 1.82) is 0 Å². The van der Waals surface area contributed by atoms with Gasteiger partial charge in [0.05, 0.1) is 14.2 Å². The number of carbonyl (C=O) groups is 2. The molecule has 48 heavy (non-hydrogen) atoms. The lowest BCUT2D eigenvalue weighted by atomic mass is 9.96. The van der Waals surface area contributed by atoms with Crippen LogP contribution in [0, 0.1) is 0 Å². The summed E-state index contributed by atoms with van der Waals surface area (Å²) >= 11 is 0. The molecule has 0 heterocycles. The van der Waals surface area contributed by atoms with Crippen molar-refractivity contribution in [3.8, 4) is 0 Å². The first kappa shape index (κ1) is 44.2. The number of hydrogen-bond acceptors (Lipinski definition) is 4. The highest BCUT2D eigenvalue weighted by atomic mass is 16.5. The van der Waals surface area contributed by atoms with Crippen LogP contribution in [0.2, 0.25) is 0 Å². The molecule has 1 rings (SSSR count). The van der Waals surface area contributed by atoms with Crippen LogP contribution in [0.4, 0.5) is 0 Å². The number of benzene rings is 1. The minimum atomic E-state index is -0.0678. The third-order valence-corrected chi connectivity index (χ3v) is 10.2.